The monoisotopic (exact) mass is 1900 g/mol. The molecule has 700 valence electrons. The number of hydrogen-bond donors (Lipinski definition) is 0. The number of aryl methyl sites for hydroxylation is 4. The summed E-state index contributed by atoms with van der Waals surface area (Å²) >= 11 is 0. The van der Waals surface area contributed by atoms with E-state index in [1.54, 1.807) is 124 Å². The third-order valence-electron chi connectivity index (χ3n) is 24.5. The molecule has 0 saturated heterocycles. The summed E-state index contributed by atoms with van der Waals surface area (Å²) in [7, 11) is 0. The van der Waals surface area contributed by atoms with Gasteiger partial charge in [-0.05, 0) is 323 Å². The summed E-state index contributed by atoms with van der Waals surface area (Å²) in [6.07, 6.45) is 22.6. The number of fused-ring (bicyclic) bond motifs is 6. The zero-order chi connectivity index (χ0) is 99.1. The molecule has 0 aliphatic heterocycles. The first-order valence-electron chi connectivity index (χ1n) is 46.9. The zero-order valence-electron chi connectivity index (χ0n) is 78.8. The molecule has 1 aliphatic rings. The largest absolute Gasteiger partial charge is 0.416 e. The van der Waals surface area contributed by atoms with Gasteiger partial charge in [-0.3, -0.25) is 69.8 Å². The Bertz CT molecular complexity index is 8540. The SMILES string of the molecule is Cc1cc(-c2ncccc2-c2ccc3ncccc3n2)ccc1F.Cc1cc(-c2ncccc2-c2ccc3nccnc3c2)ccc1F.Cc1cccc(-c2ncccc2-c2ccc3ncccc3n2)c1.Cc1cccc(-c2ncccc2-c2ccc3nccnc3c2)c1.FC(F)(F)c1cccc(-c2ncccc2-c2ccc3ncccc3n2)c1.c1cc(-c2ncccc2-c2ccc3ncccc3n2)cc(C2CC2)c1. The molecular formula is C122H87F5N18. The van der Waals surface area contributed by atoms with Crippen molar-refractivity contribution in [3.05, 3.63) is 471 Å². The summed E-state index contributed by atoms with van der Waals surface area (Å²) in [5, 5.41) is 0. The Hall–Kier alpha value is -18.8. The van der Waals surface area contributed by atoms with Crippen LogP contribution in [0.25, 0.3) is 201 Å². The van der Waals surface area contributed by atoms with Crippen molar-refractivity contribution >= 4 is 66.2 Å². The molecule has 16 aromatic heterocycles. The maximum absolute atomic E-state index is 13.6. The van der Waals surface area contributed by atoms with Crippen molar-refractivity contribution < 1.29 is 22.0 Å². The third-order valence-corrected chi connectivity index (χ3v) is 24.5. The summed E-state index contributed by atoms with van der Waals surface area (Å²) in [6.45, 7) is 7.69. The first kappa shape index (κ1) is 93.9. The zero-order valence-corrected chi connectivity index (χ0v) is 78.8. The molecule has 0 atom stereocenters. The van der Waals surface area contributed by atoms with Crippen LogP contribution in [-0.2, 0) is 6.18 Å². The van der Waals surface area contributed by atoms with Crippen molar-refractivity contribution in [2.24, 2.45) is 0 Å². The lowest BCUT2D eigenvalue weighted by atomic mass is 9.98. The van der Waals surface area contributed by atoms with Gasteiger partial charge < -0.3 is 0 Å². The van der Waals surface area contributed by atoms with E-state index in [-0.39, 0.29) is 11.6 Å². The van der Waals surface area contributed by atoms with Gasteiger partial charge in [-0.25, -0.2) is 28.7 Å². The van der Waals surface area contributed by atoms with Crippen LogP contribution < -0.4 is 0 Å². The lowest BCUT2D eigenvalue weighted by Gasteiger charge is -2.11. The number of benzene rings is 8. The Balaban J connectivity index is 0.000000106. The van der Waals surface area contributed by atoms with Gasteiger partial charge in [0.15, 0.2) is 0 Å². The summed E-state index contributed by atoms with van der Waals surface area (Å²) in [5.41, 5.74) is 36.3. The third kappa shape index (κ3) is 22.0. The molecule has 25 rings (SSSR count). The van der Waals surface area contributed by atoms with Gasteiger partial charge in [0.05, 0.1) is 129 Å². The molecule has 1 aliphatic carbocycles. The fourth-order valence-electron chi connectivity index (χ4n) is 17.2. The van der Waals surface area contributed by atoms with Gasteiger partial charge in [-0.15, -0.1) is 0 Å². The fraction of sp³-hybridized carbons (Fsp3) is 0.0656. The molecule has 0 N–H and O–H groups in total. The Labute approximate surface area is 831 Å². The first-order chi connectivity index (χ1) is 71.0. The van der Waals surface area contributed by atoms with Crippen molar-refractivity contribution in [3.8, 4) is 135 Å². The molecule has 18 nitrogen and oxygen atoms in total. The number of hydrogen-bond acceptors (Lipinski definition) is 18. The van der Waals surface area contributed by atoms with Crippen LogP contribution in [0.5, 0.6) is 0 Å². The maximum atomic E-state index is 13.6. The van der Waals surface area contributed by atoms with E-state index in [0.29, 0.717) is 39.2 Å². The van der Waals surface area contributed by atoms with E-state index in [4.69, 9.17) is 15.0 Å². The minimum absolute atomic E-state index is 0.211. The summed E-state index contributed by atoms with van der Waals surface area (Å²) < 4.78 is 66.3. The molecule has 8 aromatic carbocycles. The number of alkyl halides is 3. The lowest BCUT2D eigenvalue weighted by molar-refractivity contribution is -0.137. The van der Waals surface area contributed by atoms with Crippen LogP contribution >= 0.6 is 0 Å². The number of nitrogens with zero attached hydrogens (tertiary/aromatic N) is 18. The van der Waals surface area contributed by atoms with E-state index in [9.17, 15) is 22.0 Å². The predicted octanol–water partition coefficient (Wildman–Crippen LogP) is 29.6. The average Bonchev–Trinajstić information content (AvgIpc) is 1.77. The number of rotatable bonds is 13. The molecule has 1 fully saturated rings. The van der Waals surface area contributed by atoms with Gasteiger partial charge in [-0.1, -0.05) is 102 Å². The van der Waals surface area contributed by atoms with Crippen molar-refractivity contribution in [3.63, 3.8) is 0 Å². The molecule has 0 amide bonds. The molecule has 16 heterocycles. The van der Waals surface area contributed by atoms with E-state index in [0.717, 1.165) is 191 Å². The van der Waals surface area contributed by atoms with Gasteiger partial charge in [-0.2, -0.15) is 13.2 Å². The predicted molar refractivity (Wildman–Crippen MR) is 565 cm³/mol. The summed E-state index contributed by atoms with van der Waals surface area (Å²) in [4.78, 5) is 80.6. The molecule has 0 bridgehead atoms. The minimum Gasteiger partial charge on any atom is -0.256 e. The van der Waals surface area contributed by atoms with Crippen LogP contribution in [0.3, 0.4) is 0 Å². The number of pyridine rings is 14. The maximum Gasteiger partial charge on any atom is 0.416 e. The topological polar surface area (TPSA) is 232 Å². The average molecular weight is 1900 g/mol. The quantitative estimate of drug-likeness (QED) is 0.0976. The standard InChI is InChI=1S/C22H17N3.C20H12F3N3.2C20H14FN3.2C20H15N3/c1-4-16(15-8-9-15)14-17(5-1)22-18(6-2-13-24-22)19-10-11-20-21(25-19)7-3-12-23-20;21-20(22,23)14-5-1-4-13(12-14)19-15(6-2-11-25-19)16-8-9-17-18(26-16)7-3-10-24-17;1-13-12-14(6-7-16(13)21)20-15(4-2-11-23-20)17-8-9-18-19(24-17)5-3-10-22-18;1-13-11-15(4-6-17(13)21)20-16(3-2-8-24-20)14-5-7-18-19(12-14)23-10-9-22-18;1-14-5-2-6-15(13-14)20-16(7-3-12-22-20)17-9-10-18-19(23-17)8-4-11-21-18;1-14-4-2-5-16(12-14)20-17(6-3-9-23-20)15-7-8-18-19(13-15)22-11-10-21-18/h1-7,10-15H,8-9H2;1-12H;2*2-12H,1H3;2*2-13H,1H3. The summed E-state index contributed by atoms with van der Waals surface area (Å²) in [5.74, 6) is 0.306. The van der Waals surface area contributed by atoms with Crippen molar-refractivity contribution in [2.75, 3.05) is 0 Å². The van der Waals surface area contributed by atoms with Crippen molar-refractivity contribution in [2.45, 2.75) is 52.6 Å². The van der Waals surface area contributed by atoms with Crippen LogP contribution in [0, 0.1) is 39.3 Å². The highest BCUT2D eigenvalue weighted by Gasteiger charge is 2.31. The molecule has 24 aromatic rings. The van der Waals surface area contributed by atoms with E-state index in [1.165, 1.54) is 47.7 Å². The highest BCUT2D eigenvalue weighted by molar-refractivity contribution is 5.92. The van der Waals surface area contributed by atoms with Crippen molar-refractivity contribution in [1.29, 1.82) is 0 Å². The number of halogens is 5. The van der Waals surface area contributed by atoms with Crippen molar-refractivity contribution in [1.82, 2.24) is 89.7 Å². The van der Waals surface area contributed by atoms with Crippen LogP contribution in [-0.4, -0.2) is 89.7 Å². The molecule has 0 radical (unpaired) electrons. The normalized spacial score (nSPS) is 11.5. The Morgan fingerprint density at radius 2 is 0.476 bits per heavy atom. The molecule has 0 unspecified atom stereocenters. The number of aromatic nitrogens is 18. The van der Waals surface area contributed by atoms with Crippen LogP contribution in [0.1, 0.15) is 52.1 Å². The minimum atomic E-state index is -4.40. The molecular weight excluding hydrogens is 1810 g/mol. The molecule has 0 spiro atoms. The van der Waals surface area contributed by atoms with Gasteiger partial charge in [0, 0.05) is 154 Å². The highest BCUT2D eigenvalue weighted by Crippen LogP contribution is 2.44. The van der Waals surface area contributed by atoms with E-state index < -0.39 is 11.7 Å². The van der Waals surface area contributed by atoms with Crippen LogP contribution in [0.15, 0.2) is 426 Å². The van der Waals surface area contributed by atoms with E-state index >= 15 is 0 Å². The second kappa shape index (κ2) is 42.9. The molecule has 23 heteroatoms. The lowest BCUT2D eigenvalue weighted by Crippen LogP contribution is -2.04. The van der Waals surface area contributed by atoms with Gasteiger partial charge in [0.1, 0.15) is 11.6 Å². The van der Waals surface area contributed by atoms with Crippen LogP contribution in [0.4, 0.5) is 22.0 Å². The van der Waals surface area contributed by atoms with Crippen LogP contribution in [0.2, 0.25) is 0 Å². The Morgan fingerprint density at radius 1 is 0.207 bits per heavy atom. The highest BCUT2D eigenvalue weighted by atomic mass is 19.4. The first-order valence-corrected chi connectivity index (χ1v) is 46.9. The summed E-state index contributed by atoms with van der Waals surface area (Å²) in [6, 6.07) is 107. The van der Waals surface area contributed by atoms with Gasteiger partial charge in [0.2, 0.25) is 0 Å². The Morgan fingerprint density at radius 3 is 0.814 bits per heavy atom. The Kier molecular flexibility index (Phi) is 27.8. The van der Waals surface area contributed by atoms with Gasteiger partial charge in [0.25, 0.3) is 0 Å². The molecule has 145 heavy (non-hydrogen) atoms. The van der Waals surface area contributed by atoms with E-state index in [2.05, 4.69) is 192 Å². The smallest absolute Gasteiger partial charge is 0.256 e. The van der Waals surface area contributed by atoms with E-state index in [1.807, 2.05) is 182 Å². The second-order valence-electron chi connectivity index (χ2n) is 34.5. The molecule has 1 saturated carbocycles. The fourth-order valence-corrected chi connectivity index (χ4v) is 17.2. The van der Waals surface area contributed by atoms with Gasteiger partial charge >= 0.3 is 6.18 Å². The second-order valence-corrected chi connectivity index (χ2v) is 34.5.